The van der Waals surface area contributed by atoms with Crippen LogP contribution >= 0.6 is 24.2 Å². The normalized spacial score (nSPS) is 16.9. The van der Waals surface area contributed by atoms with Gasteiger partial charge in [0.1, 0.15) is 0 Å². The van der Waals surface area contributed by atoms with Gasteiger partial charge in [0, 0.05) is 24.3 Å². The Morgan fingerprint density at radius 3 is 2.79 bits per heavy atom. The summed E-state index contributed by atoms with van der Waals surface area (Å²) in [6, 6.07) is -0.185. The van der Waals surface area contributed by atoms with Crippen molar-refractivity contribution in [3.63, 3.8) is 0 Å². The van der Waals surface area contributed by atoms with Crippen LogP contribution in [0.3, 0.4) is 0 Å². The SMILES string of the molecule is CCCn1nnnc1SC(=O)N(CC(=O)[C@@H]1CCCN1)C(C)C.Cl. The smallest absolute Gasteiger partial charge is 0.290 e. The quantitative estimate of drug-likeness (QED) is 0.724. The van der Waals surface area contributed by atoms with Gasteiger partial charge in [0.2, 0.25) is 5.16 Å². The van der Waals surface area contributed by atoms with Gasteiger partial charge in [-0.1, -0.05) is 6.92 Å². The number of halogens is 1. The van der Waals surface area contributed by atoms with E-state index in [0.29, 0.717) is 11.7 Å². The molecule has 0 aromatic carbocycles. The molecular formula is C14H25ClN6O2S. The minimum atomic E-state index is -0.196. The molecule has 1 amide bonds. The zero-order valence-corrected chi connectivity index (χ0v) is 15.9. The first kappa shape index (κ1) is 20.9. The number of nitrogens with zero attached hydrogens (tertiary/aromatic N) is 5. The first-order valence-corrected chi connectivity index (χ1v) is 8.85. The molecule has 1 N–H and O–H groups in total. The molecule has 8 nitrogen and oxygen atoms in total. The van der Waals surface area contributed by atoms with Crippen molar-refractivity contribution in [3.05, 3.63) is 0 Å². The van der Waals surface area contributed by atoms with Crippen molar-refractivity contribution in [3.8, 4) is 0 Å². The van der Waals surface area contributed by atoms with E-state index >= 15 is 0 Å². The lowest BCUT2D eigenvalue weighted by atomic mass is 10.1. The van der Waals surface area contributed by atoms with E-state index in [1.54, 1.807) is 9.58 Å². The van der Waals surface area contributed by atoms with E-state index in [4.69, 9.17) is 0 Å². The molecule has 0 spiro atoms. The lowest BCUT2D eigenvalue weighted by Crippen LogP contribution is -2.44. The van der Waals surface area contributed by atoms with Crippen LogP contribution in [0.15, 0.2) is 5.16 Å². The summed E-state index contributed by atoms with van der Waals surface area (Å²) >= 11 is 0.979. The fraction of sp³-hybridized carbons (Fsp3) is 0.786. The maximum absolute atomic E-state index is 12.6. The Labute approximate surface area is 152 Å². The van der Waals surface area contributed by atoms with Crippen LogP contribution in [-0.4, -0.2) is 61.3 Å². The van der Waals surface area contributed by atoms with Crippen LogP contribution in [-0.2, 0) is 11.3 Å². The molecule has 0 unspecified atom stereocenters. The number of tetrazole rings is 1. The molecule has 1 aromatic heterocycles. The summed E-state index contributed by atoms with van der Waals surface area (Å²) in [5.74, 6) is 0.0679. The van der Waals surface area contributed by atoms with Crippen molar-refractivity contribution in [2.75, 3.05) is 13.1 Å². The summed E-state index contributed by atoms with van der Waals surface area (Å²) in [6.45, 7) is 7.48. The van der Waals surface area contributed by atoms with Gasteiger partial charge in [-0.15, -0.1) is 17.5 Å². The second-order valence-corrected chi connectivity index (χ2v) is 6.81. The van der Waals surface area contributed by atoms with E-state index in [1.807, 2.05) is 20.8 Å². The van der Waals surface area contributed by atoms with Gasteiger partial charge in [-0.05, 0) is 50.1 Å². The lowest BCUT2D eigenvalue weighted by Gasteiger charge is -2.26. The van der Waals surface area contributed by atoms with E-state index in [1.165, 1.54) is 0 Å². The number of carbonyl (C=O) groups excluding carboxylic acids is 2. The Bertz CT molecular complexity index is 547. The molecule has 10 heteroatoms. The minimum Gasteiger partial charge on any atom is -0.323 e. The van der Waals surface area contributed by atoms with Crippen LogP contribution in [0.4, 0.5) is 4.79 Å². The summed E-state index contributed by atoms with van der Waals surface area (Å²) < 4.78 is 1.61. The molecule has 136 valence electrons. The molecule has 0 bridgehead atoms. The first-order valence-electron chi connectivity index (χ1n) is 8.03. The minimum absolute atomic E-state index is 0. The van der Waals surface area contributed by atoms with E-state index in [2.05, 4.69) is 20.8 Å². The average Bonchev–Trinajstić information content (AvgIpc) is 3.17. The van der Waals surface area contributed by atoms with Crippen LogP contribution in [0.1, 0.15) is 40.0 Å². The van der Waals surface area contributed by atoms with Crippen LogP contribution in [0, 0.1) is 0 Å². The first-order chi connectivity index (χ1) is 11.0. The fourth-order valence-corrected chi connectivity index (χ4v) is 3.31. The molecule has 1 aliphatic rings. The second-order valence-electron chi connectivity index (χ2n) is 5.89. The number of ketones is 1. The van der Waals surface area contributed by atoms with Crippen molar-refractivity contribution < 1.29 is 9.59 Å². The number of amides is 1. The third-order valence-corrected chi connectivity index (χ3v) is 4.63. The molecule has 2 heterocycles. The number of rotatable bonds is 7. The summed E-state index contributed by atoms with van der Waals surface area (Å²) in [7, 11) is 0. The van der Waals surface area contributed by atoms with E-state index in [-0.39, 0.29) is 42.1 Å². The molecule has 1 atom stereocenters. The van der Waals surface area contributed by atoms with Crippen LogP contribution in [0.5, 0.6) is 0 Å². The van der Waals surface area contributed by atoms with Crippen LogP contribution in [0.25, 0.3) is 0 Å². The van der Waals surface area contributed by atoms with E-state index in [9.17, 15) is 9.59 Å². The van der Waals surface area contributed by atoms with Gasteiger partial charge in [0.15, 0.2) is 5.78 Å². The molecular weight excluding hydrogens is 352 g/mol. The molecule has 1 aromatic rings. The lowest BCUT2D eigenvalue weighted by molar-refractivity contribution is -0.121. The number of Topliss-reactive ketones (excluding diaryl/α,β-unsaturated/α-hetero) is 1. The predicted octanol–water partition coefficient (Wildman–Crippen LogP) is 1.75. The Balaban J connectivity index is 0.00000288. The van der Waals surface area contributed by atoms with Crippen molar-refractivity contribution in [1.29, 1.82) is 0 Å². The zero-order valence-electron chi connectivity index (χ0n) is 14.3. The zero-order chi connectivity index (χ0) is 16.8. The summed E-state index contributed by atoms with van der Waals surface area (Å²) in [5, 5.41) is 14.8. The highest BCUT2D eigenvalue weighted by Crippen LogP contribution is 2.20. The maximum atomic E-state index is 12.6. The van der Waals surface area contributed by atoms with Gasteiger partial charge < -0.3 is 10.2 Å². The number of nitrogens with one attached hydrogen (secondary N) is 1. The van der Waals surface area contributed by atoms with Crippen LogP contribution < -0.4 is 5.32 Å². The van der Waals surface area contributed by atoms with Gasteiger partial charge in [0.05, 0.1) is 12.6 Å². The summed E-state index contributed by atoms with van der Waals surface area (Å²) in [5.41, 5.74) is 0. The summed E-state index contributed by atoms with van der Waals surface area (Å²) in [6.07, 6.45) is 2.74. The largest absolute Gasteiger partial charge is 0.323 e. The van der Waals surface area contributed by atoms with Crippen LogP contribution in [0.2, 0.25) is 0 Å². The molecule has 24 heavy (non-hydrogen) atoms. The third-order valence-electron chi connectivity index (χ3n) is 3.75. The number of aryl methyl sites for hydroxylation is 1. The highest BCUT2D eigenvalue weighted by atomic mass is 35.5. The van der Waals surface area contributed by atoms with E-state index in [0.717, 1.165) is 37.6 Å². The Morgan fingerprint density at radius 2 is 2.21 bits per heavy atom. The Hall–Kier alpha value is -1.19. The number of hydrogen-bond donors (Lipinski definition) is 1. The topological polar surface area (TPSA) is 93.0 Å². The molecule has 1 fully saturated rings. The molecule has 1 aliphatic heterocycles. The van der Waals surface area contributed by atoms with Crippen molar-refractivity contribution in [2.24, 2.45) is 0 Å². The molecule has 0 radical (unpaired) electrons. The number of aromatic nitrogens is 4. The monoisotopic (exact) mass is 376 g/mol. The standard InChI is InChI=1S/C14H24N6O2S.ClH/c1-4-8-20-13(16-17-18-20)23-14(22)19(10(2)3)9-12(21)11-6-5-7-15-11;/h10-11,15H,4-9H2,1-3H3;1H/t11-;/m0./s1. The van der Waals surface area contributed by atoms with Crippen molar-refractivity contribution in [2.45, 2.75) is 63.8 Å². The maximum Gasteiger partial charge on any atom is 0.290 e. The number of hydrogen-bond acceptors (Lipinski definition) is 7. The third kappa shape index (κ3) is 5.42. The predicted molar refractivity (Wildman–Crippen MR) is 94.5 cm³/mol. The Kier molecular flexibility index (Phi) is 8.65. The van der Waals surface area contributed by atoms with Crippen molar-refractivity contribution >= 4 is 35.2 Å². The average molecular weight is 377 g/mol. The van der Waals surface area contributed by atoms with Gasteiger partial charge in [0.25, 0.3) is 5.24 Å². The fourth-order valence-electron chi connectivity index (χ4n) is 2.45. The Morgan fingerprint density at radius 1 is 1.46 bits per heavy atom. The number of carbonyl (C=O) groups is 2. The summed E-state index contributed by atoms with van der Waals surface area (Å²) in [4.78, 5) is 26.5. The number of thioether (sulfide) groups is 1. The van der Waals surface area contributed by atoms with E-state index < -0.39 is 0 Å². The molecule has 2 rings (SSSR count). The molecule has 0 saturated carbocycles. The molecule has 1 saturated heterocycles. The van der Waals surface area contributed by atoms with Crippen molar-refractivity contribution in [1.82, 2.24) is 30.4 Å². The van der Waals surface area contributed by atoms with Gasteiger partial charge in [-0.2, -0.15) is 0 Å². The van der Waals surface area contributed by atoms with Gasteiger partial charge in [-0.3, -0.25) is 9.59 Å². The van der Waals surface area contributed by atoms with Gasteiger partial charge in [-0.25, -0.2) is 4.68 Å². The van der Waals surface area contributed by atoms with Gasteiger partial charge >= 0.3 is 0 Å². The highest BCUT2D eigenvalue weighted by molar-refractivity contribution is 8.13. The second kappa shape index (κ2) is 9.95. The molecule has 0 aliphatic carbocycles. The highest BCUT2D eigenvalue weighted by Gasteiger charge is 2.28.